The van der Waals surface area contributed by atoms with Gasteiger partial charge in [0, 0.05) is 10.9 Å². The van der Waals surface area contributed by atoms with Crippen molar-refractivity contribution in [2.24, 2.45) is 0 Å². The zero-order valence-electron chi connectivity index (χ0n) is 13.9. The fourth-order valence-electron chi connectivity index (χ4n) is 2.37. The van der Waals surface area contributed by atoms with Crippen LogP contribution in [0, 0.1) is 0 Å². The van der Waals surface area contributed by atoms with Crippen LogP contribution in [0.5, 0.6) is 0 Å². The lowest BCUT2D eigenvalue weighted by atomic mass is 10.1. The zero-order chi connectivity index (χ0) is 19.7. The second-order valence-corrected chi connectivity index (χ2v) is 9.16. The molecule has 0 saturated carbocycles. The highest BCUT2D eigenvalue weighted by atomic mass is 35.5. The molecule has 0 spiro atoms. The van der Waals surface area contributed by atoms with E-state index in [4.69, 9.17) is 11.6 Å². The smallest absolute Gasteiger partial charge is 0.290 e. The van der Waals surface area contributed by atoms with Crippen LogP contribution in [0.3, 0.4) is 0 Å². The number of carbonyl (C=O) groups is 3. The maximum absolute atomic E-state index is 12.4. The van der Waals surface area contributed by atoms with E-state index in [9.17, 15) is 14.4 Å². The molecule has 1 fully saturated rings. The molecule has 2 N–H and O–H groups in total. The minimum atomic E-state index is -0.413. The van der Waals surface area contributed by atoms with Gasteiger partial charge in [-0.15, -0.1) is 22.7 Å². The molecule has 0 aliphatic carbocycles. The highest BCUT2D eigenvalue weighted by Crippen LogP contribution is 2.33. The molecule has 0 bridgehead atoms. The molecular formula is C18H10ClN3O3S3. The summed E-state index contributed by atoms with van der Waals surface area (Å²) in [7, 11) is 0. The standard InChI is InChI=1S/C18H10ClN3O3S3/c19-14-6-5-12(27-14)11-8-26-17(20-11)21-15(23)10-3-1-9(2-4-10)7-13-16(24)22-18(25)28-13/h1-8H,(H,20,21,23)(H,22,24,25)/b13-7-. The summed E-state index contributed by atoms with van der Waals surface area (Å²) < 4.78 is 0.682. The van der Waals surface area contributed by atoms with Gasteiger partial charge in [-0.05, 0) is 47.7 Å². The van der Waals surface area contributed by atoms with Crippen molar-refractivity contribution in [1.82, 2.24) is 10.3 Å². The maximum Gasteiger partial charge on any atom is 0.290 e. The van der Waals surface area contributed by atoms with Crippen LogP contribution in [-0.2, 0) is 4.79 Å². The number of carbonyl (C=O) groups excluding carboxylic acids is 3. The molecule has 1 aromatic carbocycles. The number of thiazole rings is 1. The second-order valence-electron chi connectivity index (χ2n) is 5.57. The summed E-state index contributed by atoms with van der Waals surface area (Å²) in [6.07, 6.45) is 1.60. The van der Waals surface area contributed by atoms with Gasteiger partial charge in [0.05, 0.1) is 19.8 Å². The number of imide groups is 1. The van der Waals surface area contributed by atoms with Crippen LogP contribution in [0.15, 0.2) is 46.7 Å². The number of hydrogen-bond acceptors (Lipinski definition) is 7. The van der Waals surface area contributed by atoms with Crippen LogP contribution >= 0.6 is 46.0 Å². The number of halogens is 1. The third kappa shape index (κ3) is 4.17. The number of nitrogens with one attached hydrogen (secondary N) is 2. The van der Waals surface area contributed by atoms with Crippen LogP contribution in [0.2, 0.25) is 4.34 Å². The molecule has 0 radical (unpaired) electrons. The molecule has 0 atom stereocenters. The van der Waals surface area contributed by atoms with Gasteiger partial charge < -0.3 is 0 Å². The summed E-state index contributed by atoms with van der Waals surface area (Å²) in [5.74, 6) is -0.698. The van der Waals surface area contributed by atoms with Crippen molar-refractivity contribution >= 4 is 74.3 Å². The lowest BCUT2D eigenvalue weighted by Crippen LogP contribution is -2.17. The summed E-state index contributed by atoms with van der Waals surface area (Å²) in [5, 5.41) is 6.94. The minimum Gasteiger partial charge on any atom is -0.298 e. The molecule has 10 heteroatoms. The first kappa shape index (κ1) is 18.9. The molecule has 2 aromatic heterocycles. The second kappa shape index (κ2) is 7.88. The van der Waals surface area contributed by atoms with Crippen molar-refractivity contribution in [3.05, 3.63) is 62.1 Å². The van der Waals surface area contributed by atoms with E-state index in [1.807, 2.05) is 11.4 Å². The fourth-order valence-corrected chi connectivity index (χ4v) is 4.83. The van der Waals surface area contributed by atoms with E-state index in [2.05, 4.69) is 15.6 Å². The van der Waals surface area contributed by atoms with Gasteiger partial charge in [-0.2, -0.15) is 0 Å². The normalized spacial score (nSPS) is 15.1. The number of rotatable bonds is 4. The summed E-state index contributed by atoms with van der Waals surface area (Å²) >= 11 is 9.55. The number of benzene rings is 1. The van der Waals surface area contributed by atoms with Gasteiger partial charge in [-0.25, -0.2) is 4.98 Å². The quantitative estimate of drug-likeness (QED) is 0.543. The third-order valence-electron chi connectivity index (χ3n) is 3.66. The van der Waals surface area contributed by atoms with E-state index in [0.29, 0.717) is 19.9 Å². The molecular weight excluding hydrogens is 438 g/mol. The summed E-state index contributed by atoms with van der Waals surface area (Å²) in [6, 6.07) is 10.4. The van der Waals surface area contributed by atoms with Gasteiger partial charge in [0.2, 0.25) is 0 Å². The highest BCUT2D eigenvalue weighted by Gasteiger charge is 2.24. The molecule has 3 aromatic rings. The Morgan fingerprint density at radius 2 is 1.93 bits per heavy atom. The molecule has 28 heavy (non-hydrogen) atoms. The van der Waals surface area contributed by atoms with Crippen molar-refractivity contribution < 1.29 is 14.4 Å². The predicted molar refractivity (Wildman–Crippen MR) is 114 cm³/mol. The van der Waals surface area contributed by atoms with Gasteiger partial charge in [-0.3, -0.25) is 25.0 Å². The summed E-state index contributed by atoms with van der Waals surface area (Å²) in [4.78, 5) is 40.9. The summed E-state index contributed by atoms with van der Waals surface area (Å²) in [6.45, 7) is 0. The first-order valence-corrected chi connectivity index (χ1v) is 10.7. The van der Waals surface area contributed by atoms with Crippen molar-refractivity contribution in [2.45, 2.75) is 0 Å². The molecule has 0 unspecified atom stereocenters. The Kier molecular flexibility index (Phi) is 5.31. The molecule has 4 rings (SSSR count). The lowest BCUT2D eigenvalue weighted by Gasteiger charge is -2.02. The molecule has 1 aliphatic rings. The average molecular weight is 448 g/mol. The molecule has 1 saturated heterocycles. The zero-order valence-corrected chi connectivity index (χ0v) is 17.1. The van der Waals surface area contributed by atoms with E-state index in [1.54, 1.807) is 36.4 Å². The van der Waals surface area contributed by atoms with E-state index in [0.717, 1.165) is 27.9 Å². The van der Waals surface area contributed by atoms with Crippen LogP contribution in [0.4, 0.5) is 9.93 Å². The molecule has 6 nitrogen and oxygen atoms in total. The number of anilines is 1. The lowest BCUT2D eigenvalue weighted by molar-refractivity contribution is -0.115. The number of amides is 3. The maximum atomic E-state index is 12.4. The Morgan fingerprint density at radius 3 is 2.57 bits per heavy atom. The van der Waals surface area contributed by atoms with Crippen molar-refractivity contribution in [1.29, 1.82) is 0 Å². The first-order chi connectivity index (χ1) is 13.5. The highest BCUT2D eigenvalue weighted by molar-refractivity contribution is 8.18. The van der Waals surface area contributed by atoms with Gasteiger partial charge in [0.15, 0.2) is 5.13 Å². The van der Waals surface area contributed by atoms with Gasteiger partial charge in [-0.1, -0.05) is 23.7 Å². The molecule has 1 aliphatic heterocycles. The van der Waals surface area contributed by atoms with Crippen LogP contribution in [-0.4, -0.2) is 22.0 Å². The molecule has 3 heterocycles. The van der Waals surface area contributed by atoms with Crippen molar-refractivity contribution in [2.75, 3.05) is 5.32 Å². The minimum absolute atomic E-state index is 0.285. The Bertz CT molecular complexity index is 1120. The van der Waals surface area contributed by atoms with Gasteiger partial charge >= 0.3 is 0 Å². The van der Waals surface area contributed by atoms with Crippen LogP contribution < -0.4 is 10.6 Å². The number of nitrogens with zero attached hydrogens (tertiary/aromatic N) is 1. The number of hydrogen-bond donors (Lipinski definition) is 2. The SMILES string of the molecule is O=C1NC(=O)/C(=C/c2ccc(C(=O)Nc3nc(-c4ccc(Cl)s4)cs3)cc2)S1. The van der Waals surface area contributed by atoms with Gasteiger partial charge in [0.1, 0.15) is 0 Å². The first-order valence-electron chi connectivity index (χ1n) is 7.85. The Balaban J connectivity index is 1.44. The summed E-state index contributed by atoms with van der Waals surface area (Å²) in [5.41, 5.74) is 1.94. The van der Waals surface area contributed by atoms with Gasteiger partial charge in [0.25, 0.3) is 17.1 Å². The number of thioether (sulfide) groups is 1. The third-order valence-corrected chi connectivity index (χ3v) is 6.48. The number of aromatic nitrogens is 1. The van der Waals surface area contributed by atoms with E-state index >= 15 is 0 Å². The Morgan fingerprint density at radius 1 is 1.14 bits per heavy atom. The molecule has 3 amide bonds. The molecule has 140 valence electrons. The van der Waals surface area contributed by atoms with E-state index in [1.165, 1.54) is 22.7 Å². The van der Waals surface area contributed by atoms with E-state index < -0.39 is 5.91 Å². The Hall–Kier alpha value is -2.46. The van der Waals surface area contributed by atoms with Crippen LogP contribution in [0.25, 0.3) is 16.6 Å². The van der Waals surface area contributed by atoms with E-state index in [-0.39, 0.29) is 11.1 Å². The Labute approximate surface area is 176 Å². The fraction of sp³-hybridized carbons (Fsp3) is 0. The van der Waals surface area contributed by atoms with Crippen molar-refractivity contribution in [3.63, 3.8) is 0 Å². The topological polar surface area (TPSA) is 88.2 Å². The number of thiophene rings is 1. The predicted octanol–water partition coefficient (Wildman–Crippen LogP) is 5.10. The van der Waals surface area contributed by atoms with Crippen molar-refractivity contribution in [3.8, 4) is 10.6 Å². The largest absolute Gasteiger partial charge is 0.298 e. The van der Waals surface area contributed by atoms with Crippen LogP contribution in [0.1, 0.15) is 15.9 Å². The monoisotopic (exact) mass is 447 g/mol. The average Bonchev–Trinajstić information content (AvgIpc) is 3.37.